The molecule has 0 aliphatic heterocycles. The van der Waals surface area contributed by atoms with E-state index in [2.05, 4.69) is 6.07 Å². The van der Waals surface area contributed by atoms with Crippen molar-refractivity contribution in [2.75, 3.05) is 6.61 Å². The molecular formula is C13H12N2O3. The Morgan fingerprint density at radius 1 is 1.56 bits per heavy atom. The van der Waals surface area contributed by atoms with E-state index in [4.69, 9.17) is 10.00 Å². The molecule has 0 amide bonds. The molecular weight excluding hydrogens is 232 g/mol. The maximum absolute atomic E-state index is 11.5. The third-order valence-corrected chi connectivity index (χ3v) is 2.64. The van der Waals surface area contributed by atoms with E-state index in [1.165, 1.54) is 4.57 Å². The van der Waals surface area contributed by atoms with Gasteiger partial charge in [-0.1, -0.05) is 6.07 Å². The number of aromatic nitrogens is 1. The molecule has 1 unspecified atom stereocenters. The molecule has 1 aromatic heterocycles. The van der Waals surface area contributed by atoms with Gasteiger partial charge < -0.3 is 14.4 Å². The van der Waals surface area contributed by atoms with E-state index < -0.39 is 12.2 Å². The minimum Gasteiger partial charge on any atom is -0.463 e. The van der Waals surface area contributed by atoms with Crippen molar-refractivity contribution in [3.05, 3.63) is 36.0 Å². The first-order chi connectivity index (χ1) is 8.69. The first-order valence-corrected chi connectivity index (χ1v) is 5.53. The minimum atomic E-state index is -1.39. The number of aliphatic hydroxyl groups is 1. The number of hydrogen-bond donors (Lipinski definition) is 1. The van der Waals surface area contributed by atoms with Crippen LogP contribution in [0.25, 0.3) is 10.9 Å². The molecule has 0 radical (unpaired) electrons. The molecule has 1 heterocycles. The average molecular weight is 244 g/mol. The zero-order valence-electron chi connectivity index (χ0n) is 9.83. The molecule has 5 heteroatoms. The second-order valence-corrected chi connectivity index (χ2v) is 3.70. The summed E-state index contributed by atoms with van der Waals surface area (Å²) in [7, 11) is 0. The fraction of sp³-hybridized carbons (Fsp3) is 0.231. The molecule has 0 spiro atoms. The van der Waals surface area contributed by atoms with Crippen LogP contribution in [0.15, 0.2) is 30.5 Å². The number of hydrogen-bond acceptors (Lipinski definition) is 4. The fourth-order valence-electron chi connectivity index (χ4n) is 1.83. The predicted octanol–water partition coefficient (Wildman–Crippen LogP) is 1.57. The lowest BCUT2D eigenvalue weighted by atomic mass is 10.1. The highest BCUT2D eigenvalue weighted by atomic mass is 16.5. The molecule has 0 bridgehead atoms. The van der Waals surface area contributed by atoms with Crippen molar-refractivity contribution in [3.63, 3.8) is 0 Å². The summed E-state index contributed by atoms with van der Waals surface area (Å²) in [5.41, 5.74) is 1.12. The summed E-state index contributed by atoms with van der Waals surface area (Å²) in [6.07, 6.45) is 0.170. The number of rotatable bonds is 3. The maximum Gasteiger partial charge on any atom is 0.356 e. The molecule has 0 saturated heterocycles. The van der Waals surface area contributed by atoms with E-state index in [0.717, 1.165) is 0 Å². The summed E-state index contributed by atoms with van der Waals surface area (Å²) in [6, 6.07) is 8.88. The first-order valence-electron chi connectivity index (χ1n) is 5.53. The third kappa shape index (κ3) is 1.94. The number of nitriles is 1. The highest BCUT2D eigenvalue weighted by Crippen LogP contribution is 2.22. The zero-order chi connectivity index (χ0) is 13.1. The smallest absolute Gasteiger partial charge is 0.356 e. The van der Waals surface area contributed by atoms with Crippen LogP contribution in [-0.2, 0) is 9.53 Å². The lowest BCUT2D eigenvalue weighted by Gasteiger charge is -2.12. The monoisotopic (exact) mass is 244 g/mol. The standard InChI is InChI=1S/C13H12N2O3/c1-2-18-13(17)12(16)15-7-6-10-9(8-14)4-3-5-11(10)15/h3-7,12,16H,2H2,1H3. The summed E-state index contributed by atoms with van der Waals surface area (Å²) in [6.45, 7) is 1.88. The highest BCUT2D eigenvalue weighted by molar-refractivity contribution is 5.87. The van der Waals surface area contributed by atoms with Crippen LogP contribution in [0.3, 0.4) is 0 Å². The molecule has 2 rings (SSSR count). The fourth-order valence-corrected chi connectivity index (χ4v) is 1.83. The molecule has 1 aromatic carbocycles. The number of nitrogens with zero attached hydrogens (tertiary/aromatic N) is 2. The van der Waals surface area contributed by atoms with Gasteiger partial charge in [0, 0.05) is 11.6 Å². The maximum atomic E-state index is 11.5. The van der Waals surface area contributed by atoms with Gasteiger partial charge in [0.05, 0.1) is 23.8 Å². The van der Waals surface area contributed by atoms with Crippen LogP contribution in [0.1, 0.15) is 18.7 Å². The van der Waals surface area contributed by atoms with Crippen molar-refractivity contribution in [2.45, 2.75) is 13.2 Å². The van der Waals surface area contributed by atoms with Gasteiger partial charge in [0.15, 0.2) is 0 Å². The van der Waals surface area contributed by atoms with Crippen LogP contribution in [0.4, 0.5) is 0 Å². The van der Waals surface area contributed by atoms with Gasteiger partial charge in [-0.3, -0.25) is 0 Å². The quantitative estimate of drug-likeness (QED) is 0.831. The number of aliphatic hydroxyl groups excluding tert-OH is 1. The Hall–Kier alpha value is -2.32. The number of carbonyl (C=O) groups is 1. The lowest BCUT2D eigenvalue weighted by Crippen LogP contribution is -2.20. The number of fused-ring (bicyclic) bond motifs is 1. The highest BCUT2D eigenvalue weighted by Gasteiger charge is 2.20. The predicted molar refractivity (Wildman–Crippen MR) is 64.5 cm³/mol. The first kappa shape index (κ1) is 12.1. The molecule has 5 nitrogen and oxygen atoms in total. The number of benzene rings is 1. The van der Waals surface area contributed by atoms with Gasteiger partial charge in [0.25, 0.3) is 0 Å². The van der Waals surface area contributed by atoms with Gasteiger partial charge in [-0.15, -0.1) is 0 Å². The second-order valence-electron chi connectivity index (χ2n) is 3.70. The van der Waals surface area contributed by atoms with E-state index in [0.29, 0.717) is 16.5 Å². The topological polar surface area (TPSA) is 75.2 Å². The van der Waals surface area contributed by atoms with E-state index in [-0.39, 0.29) is 6.61 Å². The van der Waals surface area contributed by atoms with Gasteiger partial charge in [-0.05, 0) is 25.1 Å². The summed E-state index contributed by atoms with van der Waals surface area (Å²) in [5, 5.41) is 19.5. The molecule has 92 valence electrons. The van der Waals surface area contributed by atoms with Crippen molar-refractivity contribution in [1.82, 2.24) is 4.57 Å². The molecule has 0 fully saturated rings. The largest absolute Gasteiger partial charge is 0.463 e. The molecule has 0 saturated carbocycles. The van der Waals surface area contributed by atoms with E-state index in [1.807, 2.05) is 0 Å². The van der Waals surface area contributed by atoms with Crippen molar-refractivity contribution in [3.8, 4) is 6.07 Å². The number of esters is 1. The summed E-state index contributed by atoms with van der Waals surface area (Å²) >= 11 is 0. The van der Waals surface area contributed by atoms with E-state index >= 15 is 0 Å². The zero-order valence-corrected chi connectivity index (χ0v) is 9.83. The van der Waals surface area contributed by atoms with Crippen molar-refractivity contribution in [2.24, 2.45) is 0 Å². The number of carbonyl (C=O) groups excluding carboxylic acids is 1. The van der Waals surface area contributed by atoms with Crippen molar-refractivity contribution in [1.29, 1.82) is 5.26 Å². The Morgan fingerprint density at radius 3 is 3.00 bits per heavy atom. The summed E-state index contributed by atoms with van der Waals surface area (Å²) in [5.74, 6) is -0.711. The molecule has 0 aliphatic rings. The molecule has 1 atom stereocenters. The van der Waals surface area contributed by atoms with E-state index in [1.54, 1.807) is 37.4 Å². The molecule has 18 heavy (non-hydrogen) atoms. The van der Waals surface area contributed by atoms with Crippen molar-refractivity contribution < 1.29 is 14.6 Å². The van der Waals surface area contributed by atoms with Crippen LogP contribution in [-0.4, -0.2) is 22.2 Å². The van der Waals surface area contributed by atoms with Gasteiger partial charge in [0.2, 0.25) is 6.23 Å². The Balaban J connectivity index is 2.47. The van der Waals surface area contributed by atoms with Crippen molar-refractivity contribution >= 4 is 16.9 Å². The van der Waals surface area contributed by atoms with E-state index in [9.17, 15) is 9.90 Å². The van der Waals surface area contributed by atoms with Gasteiger partial charge >= 0.3 is 5.97 Å². The molecule has 2 aromatic rings. The lowest BCUT2D eigenvalue weighted by molar-refractivity contribution is -0.157. The summed E-state index contributed by atoms with van der Waals surface area (Å²) in [4.78, 5) is 11.5. The van der Waals surface area contributed by atoms with Gasteiger partial charge in [0.1, 0.15) is 0 Å². The Kier molecular flexibility index (Phi) is 3.31. The van der Waals surface area contributed by atoms with Crippen LogP contribution >= 0.6 is 0 Å². The molecule has 1 N–H and O–H groups in total. The Labute approximate surface area is 104 Å². The second kappa shape index (κ2) is 4.90. The Bertz CT molecular complexity index is 625. The summed E-state index contributed by atoms with van der Waals surface area (Å²) < 4.78 is 6.14. The Morgan fingerprint density at radius 2 is 2.33 bits per heavy atom. The van der Waals surface area contributed by atoms with Gasteiger partial charge in [-0.25, -0.2) is 4.79 Å². The van der Waals surface area contributed by atoms with Crippen LogP contribution < -0.4 is 0 Å². The SMILES string of the molecule is CCOC(=O)C(O)n1ccc2c(C#N)cccc21. The minimum absolute atomic E-state index is 0.207. The van der Waals surface area contributed by atoms with Gasteiger partial charge in [-0.2, -0.15) is 5.26 Å². The third-order valence-electron chi connectivity index (χ3n) is 2.64. The normalized spacial score (nSPS) is 12.1. The molecule has 0 aliphatic carbocycles. The number of ether oxygens (including phenoxy) is 1. The van der Waals surface area contributed by atoms with Crippen LogP contribution in [0, 0.1) is 11.3 Å². The average Bonchev–Trinajstić information content (AvgIpc) is 2.81. The van der Waals surface area contributed by atoms with Crippen LogP contribution in [0.2, 0.25) is 0 Å². The van der Waals surface area contributed by atoms with Crippen LogP contribution in [0.5, 0.6) is 0 Å².